The minimum atomic E-state index is -3.91. The van der Waals surface area contributed by atoms with E-state index in [9.17, 15) is 13.2 Å². The van der Waals surface area contributed by atoms with Crippen molar-refractivity contribution in [1.29, 1.82) is 0 Å². The lowest BCUT2D eigenvalue weighted by molar-refractivity contribution is -0.134. The maximum absolute atomic E-state index is 12.7. The quantitative estimate of drug-likeness (QED) is 0.855. The van der Waals surface area contributed by atoms with Crippen LogP contribution in [-0.4, -0.2) is 26.0 Å². The fourth-order valence-corrected chi connectivity index (χ4v) is 4.03. The lowest BCUT2D eigenvalue weighted by Gasteiger charge is -2.12. The van der Waals surface area contributed by atoms with Crippen LogP contribution in [0, 0.1) is 0 Å². The Balaban J connectivity index is 2.52. The molecule has 2 rings (SSSR count). The molecule has 116 valence electrons. The van der Waals surface area contributed by atoms with Gasteiger partial charge in [0.25, 0.3) is 0 Å². The maximum Gasteiger partial charge on any atom is 0.322 e. The number of carbonyl (C=O) groups is 1. The second-order valence-corrected chi connectivity index (χ2v) is 7.05. The number of anilines is 1. The van der Waals surface area contributed by atoms with Crippen LogP contribution in [0.2, 0.25) is 10.0 Å². The van der Waals surface area contributed by atoms with E-state index in [1.54, 1.807) is 12.1 Å². The van der Waals surface area contributed by atoms with E-state index in [2.05, 4.69) is 5.32 Å². The third-order valence-corrected chi connectivity index (χ3v) is 5.32. The summed E-state index contributed by atoms with van der Waals surface area (Å²) in [6.07, 6.45) is 0. The Labute approximate surface area is 137 Å². The van der Waals surface area contributed by atoms with Crippen molar-refractivity contribution in [1.82, 2.24) is 0 Å². The van der Waals surface area contributed by atoms with Gasteiger partial charge in [-0.15, -0.1) is 0 Å². The van der Waals surface area contributed by atoms with Crippen LogP contribution < -0.4 is 5.32 Å². The van der Waals surface area contributed by atoms with Gasteiger partial charge in [-0.2, -0.15) is 0 Å². The molecule has 5 nitrogen and oxygen atoms in total. The van der Waals surface area contributed by atoms with Crippen molar-refractivity contribution in [3.05, 3.63) is 52.5 Å². The maximum atomic E-state index is 12.7. The molecule has 0 saturated heterocycles. The summed E-state index contributed by atoms with van der Waals surface area (Å²) < 4.78 is 25.4. The highest BCUT2D eigenvalue weighted by Crippen LogP contribution is 2.33. The SMILES string of the molecule is O=C(O)CNc1ccccc1S(=O)(=O)c1ccc(Cl)cc1Cl. The molecular weight excluding hydrogens is 349 g/mol. The molecule has 2 aromatic carbocycles. The molecule has 8 heteroatoms. The Hall–Kier alpha value is -1.76. The molecular formula is C14H11Cl2NO4S. The van der Waals surface area contributed by atoms with E-state index in [0.717, 1.165) is 0 Å². The molecule has 0 aromatic heterocycles. The normalized spacial score (nSPS) is 11.2. The molecule has 0 bridgehead atoms. The van der Waals surface area contributed by atoms with Crippen LogP contribution in [0.25, 0.3) is 0 Å². The summed E-state index contributed by atoms with van der Waals surface area (Å²) in [6, 6.07) is 10.1. The molecule has 0 aliphatic carbocycles. The van der Waals surface area contributed by atoms with Crippen molar-refractivity contribution < 1.29 is 18.3 Å². The summed E-state index contributed by atoms with van der Waals surface area (Å²) in [6.45, 7) is -0.402. The van der Waals surface area contributed by atoms with Crippen LogP contribution in [0.5, 0.6) is 0 Å². The first-order valence-corrected chi connectivity index (χ1v) is 8.31. The molecule has 2 N–H and O–H groups in total. The van der Waals surface area contributed by atoms with Gasteiger partial charge < -0.3 is 10.4 Å². The van der Waals surface area contributed by atoms with Gasteiger partial charge in [-0.05, 0) is 30.3 Å². The molecule has 2 aromatic rings. The Morgan fingerprint density at radius 1 is 1.09 bits per heavy atom. The van der Waals surface area contributed by atoms with Crippen LogP contribution in [0.15, 0.2) is 52.3 Å². The number of sulfone groups is 1. The van der Waals surface area contributed by atoms with E-state index >= 15 is 0 Å². The van der Waals surface area contributed by atoms with Crippen molar-refractivity contribution >= 4 is 44.7 Å². The first kappa shape index (κ1) is 16.6. The highest BCUT2D eigenvalue weighted by Gasteiger charge is 2.24. The van der Waals surface area contributed by atoms with Gasteiger partial charge in [0.15, 0.2) is 0 Å². The largest absolute Gasteiger partial charge is 0.480 e. The number of nitrogens with one attached hydrogen (secondary N) is 1. The first-order chi connectivity index (χ1) is 10.3. The number of carboxylic acids is 1. The highest BCUT2D eigenvalue weighted by atomic mass is 35.5. The number of hydrogen-bond acceptors (Lipinski definition) is 4. The summed E-state index contributed by atoms with van der Waals surface area (Å²) in [5.74, 6) is -1.10. The number of hydrogen-bond donors (Lipinski definition) is 2. The Kier molecular flexibility index (Phi) is 4.95. The summed E-state index contributed by atoms with van der Waals surface area (Å²) in [5, 5.41) is 11.6. The highest BCUT2D eigenvalue weighted by molar-refractivity contribution is 7.91. The molecule has 0 spiro atoms. The molecule has 0 aliphatic rings. The van der Waals surface area contributed by atoms with E-state index in [1.807, 2.05) is 0 Å². The topological polar surface area (TPSA) is 83.5 Å². The Morgan fingerprint density at radius 2 is 1.77 bits per heavy atom. The zero-order valence-electron chi connectivity index (χ0n) is 11.1. The standard InChI is InChI=1S/C14H11Cl2NO4S/c15-9-5-6-12(10(16)7-9)22(20,21)13-4-2-1-3-11(13)17-8-14(18)19/h1-7,17H,8H2,(H,18,19). The average Bonchev–Trinajstić information content (AvgIpc) is 2.45. The van der Waals surface area contributed by atoms with Crippen LogP contribution in [-0.2, 0) is 14.6 Å². The molecule has 0 atom stereocenters. The smallest absolute Gasteiger partial charge is 0.322 e. The third-order valence-electron chi connectivity index (χ3n) is 2.79. The van der Waals surface area contributed by atoms with Crippen LogP contribution in [0.4, 0.5) is 5.69 Å². The molecule has 0 radical (unpaired) electrons. The number of aliphatic carboxylic acids is 1. The Morgan fingerprint density at radius 3 is 2.41 bits per heavy atom. The lowest BCUT2D eigenvalue weighted by atomic mass is 10.3. The number of rotatable bonds is 5. The second kappa shape index (κ2) is 6.56. The molecule has 0 amide bonds. The number of carboxylic acid groups (broad SMARTS) is 1. The Bertz CT molecular complexity index is 821. The summed E-state index contributed by atoms with van der Waals surface area (Å²) in [5.41, 5.74) is 0.191. The zero-order chi connectivity index (χ0) is 16.3. The van der Waals surface area contributed by atoms with Gasteiger partial charge in [0.05, 0.1) is 20.5 Å². The fraction of sp³-hybridized carbons (Fsp3) is 0.0714. The molecule has 0 saturated carbocycles. The molecule has 0 heterocycles. The van der Waals surface area contributed by atoms with Crippen molar-refractivity contribution in [3.63, 3.8) is 0 Å². The van der Waals surface area contributed by atoms with E-state index < -0.39 is 22.4 Å². The zero-order valence-corrected chi connectivity index (χ0v) is 13.4. The van der Waals surface area contributed by atoms with Gasteiger partial charge >= 0.3 is 5.97 Å². The van der Waals surface area contributed by atoms with Gasteiger partial charge in [-0.1, -0.05) is 35.3 Å². The lowest BCUT2D eigenvalue weighted by Crippen LogP contribution is -2.15. The van der Waals surface area contributed by atoms with Gasteiger partial charge in [-0.3, -0.25) is 4.79 Å². The average molecular weight is 360 g/mol. The molecule has 0 unspecified atom stereocenters. The van der Waals surface area contributed by atoms with Crippen LogP contribution in [0.1, 0.15) is 0 Å². The first-order valence-electron chi connectivity index (χ1n) is 6.07. The summed E-state index contributed by atoms with van der Waals surface area (Å²) >= 11 is 11.7. The minimum Gasteiger partial charge on any atom is -0.480 e. The monoisotopic (exact) mass is 359 g/mol. The molecule has 22 heavy (non-hydrogen) atoms. The van der Waals surface area contributed by atoms with Crippen LogP contribution >= 0.6 is 23.2 Å². The molecule has 0 fully saturated rings. The van der Waals surface area contributed by atoms with Gasteiger partial charge in [-0.25, -0.2) is 8.42 Å². The number of halogens is 2. The van der Waals surface area contributed by atoms with Gasteiger partial charge in [0, 0.05) is 5.02 Å². The van der Waals surface area contributed by atoms with E-state index in [4.69, 9.17) is 28.3 Å². The minimum absolute atomic E-state index is 0.000498. The van der Waals surface area contributed by atoms with Crippen molar-refractivity contribution in [2.45, 2.75) is 9.79 Å². The van der Waals surface area contributed by atoms with E-state index in [1.165, 1.54) is 30.3 Å². The number of benzene rings is 2. The van der Waals surface area contributed by atoms with E-state index in [0.29, 0.717) is 5.02 Å². The molecule has 0 aliphatic heterocycles. The van der Waals surface area contributed by atoms with Crippen molar-refractivity contribution in [3.8, 4) is 0 Å². The van der Waals surface area contributed by atoms with Gasteiger partial charge in [0.1, 0.15) is 6.54 Å². The van der Waals surface area contributed by atoms with Crippen molar-refractivity contribution in [2.75, 3.05) is 11.9 Å². The van der Waals surface area contributed by atoms with E-state index in [-0.39, 0.29) is 20.5 Å². The second-order valence-electron chi connectivity index (χ2n) is 4.32. The van der Waals surface area contributed by atoms with Crippen LogP contribution in [0.3, 0.4) is 0 Å². The van der Waals surface area contributed by atoms with Crippen molar-refractivity contribution in [2.24, 2.45) is 0 Å². The summed E-state index contributed by atoms with van der Waals surface area (Å²) in [4.78, 5) is 10.5. The fourth-order valence-electron chi connectivity index (χ4n) is 1.83. The van der Waals surface area contributed by atoms with Gasteiger partial charge in [0.2, 0.25) is 9.84 Å². The predicted molar refractivity (Wildman–Crippen MR) is 84.5 cm³/mol. The number of para-hydroxylation sites is 1. The third kappa shape index (κ3) is 3.52. The summed E-state index contributed by atoms with van der Waals surface area (Å²) in [7, 11) is -3.91. The predicted octanol–water partition coefficient (Wildman–Crippen LogP) is 3.32.